The SMILES string of the molecule is COCCC(c1ccccc1)c1nc2c(C(=O)OC)ccc(OC)c2[nH]1. The molecule has 26 heavy (non-hydrogen) atoms. The van der Waals surface area contributed by atoms with Crippen LogP contribution in [0.15, 0.2) is 42.5 Å². The molecule has 2 aromatic carbocycles. The van der Waals surface area contributed by atoms with Crippen LogP contribution in [0.2, 0.25) is 0 Å². The van der Waals surface area contributed by atoms with Gasteiger partial charge in [-0.3, -0.25) is 0 Å². The number of esters is 1. The van der Waals surface area contributed by atoms with Gasteiger partial charge in [0.1, 0.15) is 22.6 Å². The number of imidazole rings is 1. The van der Waals surface area contributed by atoms with E-state index in [9.17, 15) is 4.79 Å². The molecule has 0 saturated heterocycles. The minimum Gasteiger partial charge on any atom is -0.494 e. The molecule has 0 saturated carbocycles. The van der Waals surface area contributed by atoms with Gasteiger partial charge in [-0.25, -0.2) is 9.78 Å². The maximum Gasteiger partial charge on any atom is 0.340 e. The van der Waals surface area contributed by atoms with E-state index in [0.717, 1.165) is 17.8 Å². The molecular formula is C20H22N2O4. The summed E-state index contributed by atoms with van der Waals surface area (Å²) < 4.78 is 15.6. The Balaban J connectivity index is 2.14. The Bertz CT molecular complexity index is 889. The summed E-state index contributed by atoms with van der Waals surface area (Å²) in [5.74, 6) is 0.977. The number of nitrogens with one attached hydrogen (secondary N) is 1. The van der Waals surface area contributed by atoms with Crippen LogP contribution in [-0.2, 0) is 9.47 Å². The van der Waals surface area contributed by atoms with Crippen molar-refractivity contribution < 1.29 is 19.0 Å². The number of H-pyrrole nitrogens is 1. The third kappa shape index (κ3) is 3.41. The van der Waals surface area contributed by atoms with Crippen molar-refractivity contribution in [3.8, 4) is 5.75 Å². The highest BCUT2D eigenvalue weighted by atomic mass is 16.5. The summed E-state index contributed by atoms with van der Waals surface area (Å²) in [6.07, 6.45) is 0.760. The second-order valence-electron chi connectivity index (χ2n) is 5.90. The fourth-order valence-corrected chi connectivity index (χ4v) is 3.08. The van der Waals surface area contributed by atoms with Crippen LogP contribution in [0.25, 0.3) is 11.0 Å². The Kier molecular flexibility index (Phi) is 5.53. The molecule has 0 amide bonds. The first-order chi connectivity index (χ1) is 12.7. The average Bonchev–Trinajstić information content (AvgIpc) is 3.12. The fourth-order valence-electron chi connectivity index (χ4n) is 3.08. The summed E-state index contributed by atoms with van der Waals surface area (Å²) in [5, 5.41) is 0. The smallest absolute Gasteiger partial charge is 0.340 e. The second kappa shape index (κ2) is 8.01. The van der Waals surface area contributed by atoms with E-state index in [4.69, 9.17) is 19.2 Å². The minimum absolute atomic E-state index is 0.0127. The number of methoxy groups -OCH3 is 3. The van der Waals surface area contributed by atoms with Crippen molar-refractivity contribution in [1.29, 1.82) is 0 Å². The summed E-state index contributed by atoms with van der Waals surface area (Å²) >= 11 is 0. The number of benzene rings is 2. The highest BCUT2D eigenvalue weighted by molar-refractivity contribution is 6.03. The average molecular weight is 354 g/mol. The third-order valence-corrected chi connectivity index (χ3v) is 4.39. The summed E-state index contributed by atoms with van der Waals surface area (Å²) in [6, 6.07) is 13.5. The quantitative estimate of drug-likeness (QED) is 0.657. The number of aromatic amines is 1. The summed E-state index contributed by atoms with van der Waals surface area (Å²) in [7, 11) is 4.63. The zero-order valence-electron chi connectivity index (χ0n) is 15.1. The number of aromatic nitrogens is 2. The molecule has 3 rings (SSSR count). The number of hydrogen-bond donors (Lipinski definition) is 1. The number of rotatable bonds is 7. The van der Waals surface area contributed by atoms with Gasteiger partial charge in [0.2, 0.25) is 0 Å². The standard InChI is InChI=1S/C20H22N2O4/c1-24-12-11-14(13-7-5-4-6-8-13)19-21-17-15(20(23)26-3)9-10-16(25-2)18(17)22-19/h4-10,14H,11-12H2,1-3H3,(H,21,22). The third-order valence-electron chi connectivity index (χ3n) is 4.39. The lowest BCUT2D eigenvalue weighted by atomic mass is 9.95. The van der Waals surface area contributed by atoms with Crippen LogP contribution in [0.4, 0.5) is 0 Å². The number of carbonyl (C=O) groups is 1. The second-order valence-corrected chi connectivity index (χ2v) is 5.90. The van der Waals surface area contributed by atoms with Crippen LogP contribution in [-0.4, -0.2) is 43.9 Å². The van der Waals surface area contributed by atoms with Gasteiger partial charge >= 0.3 is 5.97 Å². The Morgan fingerprint density at radius 3 is 2.54 bits per heavy atom. The molecule has 1 heterocycles. The molecule has 0 aliphatic carbocycles. The minimum atomic E-state index is -0.427. The van der Waals surface area contributed by atoms with Crippen LogP contribution in [0.3, 0.4) is 0 Å². The van der Waals surface area contributed by atoms with E-state index >= 15 is 0 Å². The predicted octanol–water partition coefficient (Wildman–Crippen LogP) is 3.53. The van der Waals surface area contributed by atoms with Crippen molar-refractivity contribution in [1.82, 2.24) is 9.97 Å². The van der Waals surface area contributed by atoms with Crippen molar-refractivity contribution in [3.63, 3.8) is 0 Å². The van der Waals surface area contributed by atoms with Crippen molar-refractivity contribution in [2.75, 3.05) is 27.9 Å². The first-order valence-electron chi connectivity index (χ1n) is 8.38. The molecule has 136 valence electrons. The zero-order valence-corrected chi connectivity index (χ0v) is 15.1. The Hall–Kier alpha value is -2.86. The Morgan fingerprint density at radius 2 is 1.88 bits per heavy atom. The van der Waals surface area contributed by atoms with Crippen LogP contribution in [0, 0.1) is 0 Å². The molecule has 0 spiro atoms. The lowest BCUT2D eigenvalue weighted by molar-refractivity contribution is 0.0603. The van der Waals surface area contributed by atoms with Crippen LogP contribution in [0.5, 0.6) is 5.75 Å². The number of nitrogens with zero attached hydrogens (tertiary/aromatic N) is 1. The van der Waals surface area contributed by atoms with E-state index < -0.39 is 5.97 Å². The highest BCUT2D eigenvalue weighted by Crippen LogP contribution is 2.32. The first kappa shape index (κ1) is 17.9. The molecule has 6 heteroatoms. The molecule has 0 aliphatic rings. The van der Waals surface area contributed by atoms with Gasteiger partial charge in [-0.05, 0) is 24.1 Å². The van der Waals surface area contributed by atoms with Crippen LogP contribution >= 0.6 is 0 Å². The molecule has 1 aromatic heterocycles. The topological polar surface area (TPSA) is 73.4 Å². The van der Waals surface area contributed by atoms with Crippen molar-refractivity contribution in [2.24, 2.45) is 0 Å². The van der Waals surface area contributed by atoms with Gasteiger partial charge in [0.15, 0.2) is 0 Å². The number of ether oxygens (including phenoxy) is 3. The Morgan fingerprint density at radius 1 is 1.12 bits per heavy atom. The lowest BCUT2D eigenvalue weighted by Crippen LogP contribution is -2.07. The number of carbonyl (C=O) groups excluding carboxylic acids is 1. The van der Waals surface area contributed by atoms with Crippen molar-refractivity contribution in [2.45, 2.75) is 12.3 Å². The molecular weight excluding hydrogens is 332 g/mol. The summed E-state index contributed by atoms with van der Waals surface area (Å²) in [6.45, 7) is 0.595. The number of hydrogen-bond acceptors (Lipinski definition) is 5. The van der Waals surface area contributed by atoms with E-state index in [0.29, 0.717) is 29.0 Å². The lowest BCUT2D eigenvalue weighted by Gasteiger charge is -2.14. The number of fused-ring (bicyclic) bond motifs is 1. The van der Waals surface area contributed by atoms with E-state index in [1.165, 1.54) is 7.11 Å². The predicted molar refractivity (Wildman–Crippen MR) is 98.8 cm³/mol. The maximum absolute atomic E-state index is 12.1. The summed E-state index contributed by atoms with van der Waals surface area (Å²) in [4.78, 5) is 20.2. The van der Waals surface area contributed by atoms with Crippen molar-refractivity contribution in [3.05, 3.63) is 59.4 Å². The molecule has 0 aliphatic heterocycles. The van der Waals surface area contributed by atoms with Gasteiger partial charge in [-0.2, -0.15) is 0 Å². The van der Waals surface area contributed by atoms with E-state index in [-0.39, 0.29) is 5.92 Å². The first-order valence-corrected chi connectivity index (χ1v) is 8.38. The fraction of sp³-hybridized carbons (Fsp3) is 0.300. The van der Waals surface area contributed by atoms with Crippen molar-refractivity contribution >= 4 is 17.0 Å². The van der Waals surface area contributed by atoms with Crippen LogP contribution < -0.4 is 4.74 Å². The van der Waals surface area contributed by atoms with Gasteiger partial charge in [-0.15, -0.1) is 0 Å². The van der Waals surface area contributed by atoms with Gasteiger partial charge < -0.3 is 19.2 Å². The largest absolute Gasteiger partial charge is 0.494 e. The van der Waals surface area contributed by atoms with E-state index in [1.54, 1.807) is 26.4 Å². The molecule has 3 aromatic rings. The van der Waals surface area contributed by atoms with Gasteiger partial charge in [0.05, 0.1) is 19.8 Å². The van der Waals surface area contributed by atoms with E-state index in [2.05, 4.69) is 17.1 Å². The van der Waals surface area contributed by atoms with Gasteiger partial charge in [-0.1, -0.05) is 30.3 Å². The Labute approximate surface area is 152 Å². The molecule has 1 atom stereocenters. The van der Waals surface area contributed by atoms with Gasteiger partial charge in [0.25, 0.3) is 0 Å². The highest BCUT2D eigenvalue weighted by Gasteiger charge is 2.22. The maximum atomic E-state index is 12.1. The zero-order chi connectivity index (χ0) is 18.5. The molecule has 0 fully saturated rings. The van der Waals surface area contributed by atoms with E-state index in [1.807, 2.05) is 18.2 Å². The van der Waals surface area contributed by atoms with Crippen LogP contribution in [0.1, 0.15) is 34.1 Å². The molecule has 0 radical (unpaired) electrons. The molecule has 6 nitrogen and oxygen atoms in total. The monoisotopic (exact) mass is 354 g/mol. The normalized spacial score (nSPS) is 12.1. The molecule has 1 unspecified atom stereocenters. The van der Waals surface area contributed by atoms with Gasteiger partial charge in [0, 0.05) is 19.6 Å². The molecule has 1 N–H and O–H groups in total. The molecule has 0 bridgehead atoms. The summed E-state index contributed by atoms with van der Waals surface area (Å²) in [5.41, 5.74) is 2.76.